The number of nitrogens with zero attached hydrogens (tertiary/aromatic N) is 2. The van der Waals surface area contributed by atoms with Crippen LogP contribution >= 0.6 is 7.82 Å². The number of nitrogen functional groups attached to an aromatic ring is 1. The smallest absolute Gasteiger partial charge is 0.475 e. The van der Waals surface area contributed by atoms with Gasteiger partial charge in [0.05, 0.1) is 25.4 Å². The van der Waals surface area contributed by atoms with Gasteiger partial charge >= 0.3 is 19.5 Å². The van der Waals surface area contributed by atoms with Gasteiger partial charge in [0.1, 0.15) is 42.4 Å². The zero-order chi connectivity index (χ0) is 28.6. The van der Waals surface area contributed by atoms with Crippen molar-refractivity contribution in [3.63, 3.8) is 0 Å². The average Bonchev–Trinajstić information content (AvgIpc) is 3.12. The van der Waals surface area contributed by atoms with Crippen LogP contribution in [0.4, 0.5) is 5.82 Å². The fraction of sp³-hybridized carbons (Fsp3) is 0.722. The molecule has 11 atom stereocenters. The molecule has 12 N–H and O–H groups in total. The summed E-state index contributed by atoms with van der Waals surface area (Å²) in [6.45, 7) is -1.98. The van der Waals surface area contributed by atoms with Crippen LogP contribution < -0.4 is 17.2 Å². The lowest BCUT2D eigenvalue weighted by Gasteiger charge is -2.45. The molecule has 19 nitrogen and oxygen atoms in total. The lowest BCUT2D eigenvalue weighted by Crippen LogP contribution is -2.66. The minimum atomic E-state index is -5.44. The van der Waals surface area contributed by atoms with E-state index in [0.717, 1.165) is 10.8 Å². The van der Waals surface area contributed by atoms with Crippen LogP contribution in [0.15, 0.2) is 17.1 Å². The monoisotopic (exact) mass is 572 g/mol. The molecule has 2 aliphatic rings. The second-order valence-electron chi connectivity index (χ2n) is 8.67. The molecule has 0 radical (unpaired) electrons. The third kappa shape index (κ3) is 6.20. The van der Waals surface area contributed by atoms with Gasteiger partial charge in [0.2, 0.25) is 0 Å². The van der Waals surface area contributed by atoms with Crippen LogP contribution in [-0.2, 0) is 27.9 Å². The van der Waals surface area contributed by atoms with Gasteiger partial charge in [-0.05, 0) is 6.07 Å². The van der Waals surface area contributed by atoms with Crippen LogP contribution in [0.5, 0.6) is 0 Å². The molecular weight excluding hydrogens is 543 g/mol. The number of hydrogen-bond acceptors (Lipinski definition) is 16. The second kappa shape index (κ2) is 11.6. The van der Waals surface area contributed by atoms with E-state index in [4.69, 9.17) is 35.1 Å². The molecule has 0 spiro atoms. The first-order valence-electron chi connectivity index (χ1n) is 11.0. The molecule has 2 aliphatic heterocycles. The molecule has 38 heavy (non-hydrogen) atoms. The predicted octanol–water partition coefficient (Wildman–Crippen LogP) is -5.45. The largest absolute Gasteiger partial charge is 0.477 e. The standard InChI is InChI=1S/C18H29N4O15P/c19-9-1-2-22(17(31)21-9)15-13(28)12(27)8(35-15)5-34-38(32,33)37-18(16(29)30)3-6(24)10(20)14(36-18)11(26)7(25)4-23/h1-2,6-8,10-15,23-28H,3-5,20H2,(H,29,30)(H,32,33)(H2,19,21,31)/t6?,7-,8?,10?,11-,12?,13?,14?,15?,18?/m1/s1. The number of aliphatic hydroxyl groups excluding tert-OH is 6. The molecular formula is C18H29N4O15P. The molecule has 3 heterocycles. The molecule has 2 fully saturated rings. The molecule has 3 rings (SSSR count). The summed E-state index contributed by atoms with van der Waals surface area (Å²) in [6.07, 6.45) is -14.0. The number of carboxylic acids is 1. The predicted molar refractivity (Wildman–Crippen MR) is 119 cm³/mol. The highest BCUT2D eigenvalue weighted by atomic mass is 31.2. The van der Waals surface area contributed by atoms with Gasteiger partial charge in [-0.3, -0.25) is 9.09 Å². The molecule has 0 saturated carbocycles. The topological polar surface area (TPSA) is 320 Å². The third-order valence-corrected chi connectivity index (χ3v) is 7.00. The number of hydrogen-bond donors (Lipinski definition) is 10. The summed E-state index contributed by atoms with van der Waals surface area (Å²) in [5.41, 5.74) is 10.2. The summed E-state index contributed by atoms with van der Waals surface area (Å²) in [6, 6.07) is -0.295. The number of carboxylic acid groups (broad SMARTS) is 1. The molecule has 20 heteroatoms. The number of ether oxygens (including phenoxy) is 2. The van der Waals surface area contributed by atoms with Crippen LogP contribution in [-0.4, -0.2) is 124 Å². The molecule has 9 unspecified atom stereocenters. The summed E-state index contributed by atoms with van der Waals surface area (Å²) in [5, 5.41) is 69.3. The Bertz CT molecular complexity index is 1110. The number of carbonyl (C=O) groups is 1. The number of anilines is 1. The Balaban J connectivity index is 1.74. The molecule has 0 bridgehead atoms. The van der Waals surface area contributed by atoms with Crippen molar-refractivity contribution in [3.05, 3.63) is 22.7 Å². The maximum absolute atomic E-state index is 12.7. The number of phosphoric acid groups is 1. The molecule has 2 saturated heterocycles. The molecule has 1 aromatic heterocycles. The van der Waals surface area contributed by atoms with Crippen molar-refractivity contribution < 1.29 is 68.5 Å². The van der Waals surface area contributed by atoms with Crippen molar-refractivity contribution in [1.82, 2.24) is 9.55 Å². The summed E-state index contributed by atoms with van der Waals surface area (Å²) in [7, 11) is -5.44. The number of aliphatic hydroxyl groups is 6. The highest BCUT2D eigenvalue weighted by Crippen LogP contribution is 2.51. The van der Waals surface area contributed by atoms with Gasteiger partial charge in [-0.1, -0.05) is 0 Å². The van der Waals surface area contributed by atoms with E-state index in [9.17, 15) is 49.7 Å². The van der Waals surface area contributed by atoms with E-state index in [1.807, 2.05) is 0 Å². The van der Waals surface area contributed by atoms with E-state index in [-0.39, 0.29) is 5.82 Å². The maximum atomic E-state index is 12.7. The highest BCUT2D eigenvalue weighted by Gasteiger charge is 2.58. The lowest BCUT2D eigenvalue weighted by molar-refractivity contribution is -0.286. The van der Waals surface area contributed by atoms with Crippen molar-refractivity contribution in [1.29, 1.82) is 0 Å². The van der Waals surface area contributed by atoms with Crippen molar-refractivity contribution in [2.75, 3.05) is 18.9 Å². The fourth-order valence-electron chi connectivity index (χ4n) is 3.93. The molecule has 0 aromatic carbocycles. The Kier molecular flexibility index (Phi) is 9.26. The van der Waals surface area contributed by atoms with E-state index >= 15 is 0 Å². The number of aromatic nitrogens is 2. The minimum absolute atomic E-state index is 0.124. The number of rotatable bonds is 10. The number of nitrogens with two attached hydrogens (primary N) is 2. The van der Waals surface area contributed by atoms with Crippen LogP contribution in [0.2, 0.25) is 0 Å². The molecule has 0 aliphatic carbocycles. The first kappa shape index (κ1) is 30.4. The van der Waals surface area contributed by atoms with Crippen molar-refractivity contribution in [2.24, 2.45) is 5.73 Å². The van der Waals surface area contributed by atoms with Crippen molar-refractivity contribution in [3.8, 4) is 0 Å². The van der Waals surface area contributed by atoms with Crippen LogP contribution in [0.1, 0.15) is 12.6 Å². The summed E-state index contributed by atoms with van der Waals surface area (Å²) in [4.78, 5) is 37.7. The van der Waals surface area contributed by atoms with Gasteiger partial charge in [-0.15, -0.1) is 0 Å². The Morgan fingerprint density at radius 1 is 1.32 bits per heavy atom. The van der Waals surface area contributed by atoms with Gasteiger partial charge in [-0.2, -0.15) is 4.98 Å². The van der Waals surface area contributed by atoms with E-state index in [2.05, 4.69) is 4.98 Å². The SMILES string of the molecule is Nc1ccn(C2OC(COP(=O)(O)OC3(C(=O)O)CC(O)C(N)C([C@H](O)[C@H](O)CO)O3)C(O)C2O)c(=O)n1. The quantitative estimate of drug-likeness (QED) is 0.117. The van der Waals surface area contributed by atoms with Gasteiger partial charge in [0, 0.05) is 12.6 Å². The van der Waals surface area contributed by atoms with Gasteiger partial charge in [0.15, 0.2) is 6.23 Å². The normalized spacial score (nSPS) is 36.9. The third-order valence-electron chi connectivity index (χ3n) is 6.00. The Morgan fingerprint density at radius 2 is 1.97 bits per heavy atom. The summed E-state index contributed by atoms with van der Waals surface area (Å²) >= 11 is 0. The fourth-order valence-corrected chi connectivity index (χ4v) is 4.89. The van der Waals surface area contributed by atoms with Gasteiger partial charge in [0.25, 0.3) is 5.79 Å². The number of aliphatic carboxylic acids is 1. The second-order valence-corrected chi connectivity index (χ2v) is 10.1. The van der Waals surface area contributed by atoms with Crippen LogP contribution in [0.25, 0.3) is 0 Å². The zero-order valence-electron chi connectivity index (χ0n) is 19.4. The van der Waals surface area contributed by atoms with Crippen LogP contribution in [0, 0.1) is 0 Å². The van der Waals surface area contributed by atoms with E-state index < -0.39 is 99.9 Å². The van der Waals surface area contributed by atoms with E-state index in [1.54, 1.807) is 0 Å². The zero-order valence-corrected chi connectivity index (χ0v) is 20.3. The van der Waals surface area contributed by atoms with Gasteiger partial charge < -0.3 is 61.6 Å². The molecule has 0 amide bonds. The Hall–Kier alpha value is -2.10. The number of phosphoric ester groups is 1. The molecule has 1 aromatic rings. The average molecular weight is 572 g/mol. The van der Waals surface area contributed by atoms with E-state index in [1.165, 1.54) is 6.07 Å². The summed E-state index contributed by atoms with van der Waals surface area (Å²) in [5.74, 6) is -5.29. The minimum Gasteiger partial charge on any atom is -0.477 e. The molecule has 216 valence electrons. The maximum Gasteiger partial charge on any atom is 0.475 e. The lowest BCUT2D eigenvalue weighted by atomic mass is 9.89. The first-order valence-corrected chi connectivity index (χ1v) is 12.5. The van der Waals surface area contributed by atoms with Gasteiger partial charge in [-0.25, -0.2) is 18.7 Å². The Morgan fingerprint density at radius 3 is 2.55 bits per heavy atom. The van der Waals surface area contributed by atoms with Crippen LogP contribution in [0.3, 0.4) is 0 Å². The Labute approximate surface area is 213 Å². The van der Waals surface area contributed by atoms with Crippen molar-refractivity contribution >= 4 is 19.6 Å². The van der Waals surface area contributed by atoms with Crippen molar-refractivity contribution in [2.45, 2.75) is 67.2 Å². The highest BCUT2D eigenvalue weighted by molar-refractivity contribution is 7.47. The first-order chi connectivity index (χ1) is 17.6. The van der Waals surface area contributed by atoms with E-state index in [0.29, 0.717) is 0 Å². The summed E-state index contributed by atoms with van der Waals surface area (Å²) < 4.78 is 33.4.